The Morgan fingerprint density at radius 2 is 2.09 bits per heavy atom. The fourth-order valence-corrected chi connectivity index (χ4v) is 3.47. The number of aliphatic hydroxyl groups is 1. The van der Waals surface area contributed by atoms with Gasteiger partial charge in [-0.25, -0.2) is 9.97 Å². The standard InChI is InChI=1S/C23H18F3N3O3/c24-23(25,26)15-4-2-5-16(10-15)29-22(31)20-6-1-3-14-9-18(7-8-19(14)20)32-21-11-17(12-30)27-13-28-21/h1-7,9-11,13,19,30H,8,12H2,(H,29,31). The van der Waals surface area contributed by atoms with Crippen molar-refractivity contribution in [3.8, 4) is 5.88 Å². The minimum Gasteiger partial charge on any atom is -0.439 e. The molecule has 1 heterocycles. The molecule has 9 heteroatoms. The van der Waals surface area contributed by atoms with Gasteiger partial charge in [-0.1, -0.05) is 24.3 Å². The molecule has 2 aliphatic rings. The zero-order valence-corrected chi connectivity index (χ0v) is 16.6. The highest BCUT2D eigenvalue weighted by molar-refractivity contribution is 6.05. The van der Waals surface area contributed by atoms with Crippen LogP contribution in [0.25, 0.3) is 0 Å². The third-order valence-electron chi connectivity index (χ3n) is 5.00. The van der Waals surface area contributed by atoms with Crippen LogP contribution in [0.4, 0.5) is 18.9 Å². The Morgan fingerprint density at radius 3 is 2.88 bits per heavy atom. The second-order valence-electron chi connectivity index (χ2n) is 7.16. The minimum absolute atomic E-state index is 0.0737. The molecule has 0 radical (unpaired) electrons. The molecule has 1 atom stereocenters. The second-order valence-corrected chi connectivity index (χ2v) is 7.16. The number of amides is 1. The Bertz CT molecular complexity index is 1170. The topological polar surface area (TPSA) is 84.3 Å². The van der Waals surface area contributed by atoms with Gasteiger partial charge < -0.3 is 15.2 Å². The number of fused-ring (bicyclic) bond motifs is 1. The summed E-state index contributed by atoms with van der Waals surface area (Å²) in [5.41, 5.74) is 0.937. The average Bonchev–Trinajstić information content (AvgIpc) is 2.78. The number of anilines is 1. The average molecular weight is 441 g/mol. The van der Waals surface area contributed by atoms with Crippen LogP contribution in [-0.4, -0.2) is 21.0 Å². The van der Waals surface area contributed by atoms with Crippen LogP contribution in [0.15, 0.2) is 83.9 Å². The number of aromatic nitrogens is 2. The molecule has 164 valence electrons. The second kappa shape index (κ2) is 8.80. The molecule has 0 spiro atoms. The van der Waals surface area contributed by atoms with Gasteiger partial charge in [-0.3, -0.25) is 4.79 Å². The first-order chi connectivity index (χ1) is 15.3. The molecule has 1 aromatic carbocycles. The number of ether oxygens (including phenoxy) is 1. The lowest BCUT2D eigenvalue weighted by molar-refractivity contribution is -0.137. The highest BCUT2D eigenvalue weighted by atomic mass is 19.4. The van der Waals surface area contributed by atoms with Gasteiger partial charge in [-0.2, -0.15) is 13.2 Å². The van der Waals surface area contributed by atoms with Crippen molar-refractivity contribution in [3.05, 3.63) is 95.2 Å². The van der Waals surface area contributed by atoms with Crippen molar-refractivity contribution >= 4 is 11.6 Å². The van der Waals surface area contributed by atoms with Crippen LogP contribution < -0.4 is 10.1 Å². The molecular weight excluding hydrogens is 423 g/mol. The van der Waals surface area contributed by atoms with Crippen molar-refractivity contribution < 1.29 is 27.8 Å². The number of benzene rings is 1. The SMILES string of the molecule is O=C(Nc1cccc(C(F)(F)F)c1)C1=CC=CC2=CC(Oc3cc(CO)ncn3)=CCC21. The Morgan fingerprint density at radius 1 is 1.25 bits per heavy atom. The van der Waals surface area contributed by atoms with E-state index in [1.54, 1.807) is 24.3 Å². The number of hydrogen-bond acceptors (Lipinski definition) is 5. The maximum absolute atomic E-state index is 12.9. The van der Waals surface area contributed by atoms with Gasteiger partial charge in [0.15, 0.2) is 0 Å². The number of alkyl halides is 3. The molecule has 2 aliphatic carbocycles. The monoisotopic (exact) mass is 441 g/mol. The number of halogens is 3. The van der Waals surface area contributed by atoms with Crippen molar-refractivity contribution in [3.63, 3.8) is 0 Å². The normalized spacial score (nSPS) is 17.6. The number of carbonyl (C=O) groups excluding carboxylic acids is 1. The molecule has 0 bridgehead atoms. The van der Waals surface area contributed by atoms with Gasteiger partial charge in [0.05, 0.1) is 17.9 Å². The molecule has 32 heavy (non-hydrogen) atoms. The molecule has 0 fully saturated rings. The van der Waals surface area contributed by atoms with Gasteiger partial charge in [0.25, 0.3) is 5.91 Å². The molecule has 0 aliphatic heterocycles. The molecule has 6 nitrogen and oxygen atoms in total. The zero-order valence-electron chi connectivity index (χ0n) is 16.6. The third kappa shape index (κ3) is 4.78. The number of nitrogens with one attached hydrogen (secondary N) is 1. The minimum atomic E-state index is -4.49. The Balaban J connectivity index is 1.47. The highest BCUT2D eigenvalue weighted by Crippen LogP contribution is 2.35. The van der Waals surface area contributed by atoms with Crippen LogP contribution >= 0.6 is 0 Å². The predicted molar refractivity (Wildman–Crippen MR) is 110 cm³/mol. The quantitative estimate of drug-likeness (QED) is 0.722. The van der Waals surface area contributed by atoms with Crippen LogP contribution in [0.1, 0.15) is 17.7 Å². The van der Waals surface area contributed by atoms with E-state index in [4.69, 9.17) is 4.74 Å². The first kappa shape index (κ1) is 21.5. The molecule has 1 amide bonds. The smallest absolute Gasteiger partial charge is 0.416 e. The molecular formula is C23H18F3N3O3. The van der Waals surface area contributed by atoms with Crippen molar-refractivity contribution in [2.24, 2.45) is 5.92 Å². The van der Waals surface area contributed by atoms with Crippen molar-refractivity contribution in [2.45, 2.75) is 19.2 Å². The maximum atomic E-state index is 12.9. The molecule has 2 aromatic rings. The molecule has 1 unspecified atom stereocenters. The largest absolute Gasteiger partial charge is 0.439 e. The predicted octanol–water partition coefficient (Wildman–Crippen LogP) is 4.33. The molecule has 2 N–H and O–H groups in total. The van der Waals surface area contributed by atoms with Crippen LogP contribution in [0.3, 0.4) is 0 Å². The highest BCUT2D eigenvalue weighted by Gasteiger charge is 2.31. The van der Waals surface area contributed by atoms with E-state index in [1.807, 2.05) is 6.08 Å². The molecule has 0 saturated carbocycles. The summed E-state index contributed by atoms with van der Waals surface area (Å²) >= 11 is 0. The van der Waals surface area contributed by atoms with E-state index < -0.39 is 17.6 Å². The van der Waals surface area contributed by atoms with Crippen LogP contribution in [-0.2, 0) is 17.6 Å². The Labute approximate surface area is 181 Å². The third-order valence-corrected chi connectivity index (χ3v) is 5.00. The van der Waals surface area contributed by atoms with Gasteiger partial charge in [0.2, 0.25) is 5.88 Å². The lowest BCUT2D eigenvalue weighted by Gasteiger charge is -2.26. The molecule has 0 saturated heterocycles. The zero-order chi connectivity index (χ0) is 22.7. The van der Waals surface area contributed by atoms with Crippen LogP contribution in [0.2, 0.25) is 0 Å². The van der Waals surface area contributed by atoms with Crippen LogP contribution in [0.5, 0.6) is 5.88 Å². The summed E-state index contributed by atoms with van der Waals surface area (Å²) in [5.74, 6) is 0.0914. The van der Waals surface area contributed by atoms with E-state index >= 15 is 0 Å². The summed E-state index contributed by atoms with van der Waals surface area (Å²) in [6.45, 7) is -0.237. The molecule has 4 rings (SSSR count). The number of allylic oxidation sites excluding steroid dienone is 6. The lowest BCUT2D eigenvalue weighted by atomic mass is 9.81. The van der Waals surface area contributed by atoms with Gasteiger partial charge in [-0.05, 0) is 42.3 Å². The van der Waals surface area contributed by atoms with Gasteiger partial charge in [-0.15, -0.1) is 0 Å². The lowest BCUT2D eigenvalue weighted by Crippen LogP contribution is -2.24. The van der Waals surface area contributed by atoms with E-state index in [9.17, 15) is 23.1 Å². The molecule has 1 aromatic heterocycles. The number of hydrogen-bond donors (Lipinski definition) is 2. The van der Waals surface area contributed by atoms with E-state index in [0.717, 1.165) is 17.7 Å². The van der Waals surface area contributed by atoms with Gasteiger partial charge in [0, 0.05) is 23.2 Å². The first-order valence-electron chi connectivity index (χ1n) is 9.72. The number of nitrogens with zero attached hydrogens (tertiary/aromatic N) is 2. The van der Waals surface area contributed by atoms with E-state index in [-0.39, 0.29) is 24.1 Å². The first-order valence-corrected chi connectivity index (χ1v) is 9.72. The van der Waals surface area contributed by atoms with E-state index in [1.165, 1.54) is 24.5 Å². The summed E-state index contributed by atoms with van der Waals surface area (Å²) in [5, 5.41) is 11.7. The number of aliphatic hydroxyl groups excluding tert-OH is 1. The van der Waals surface area contributed by atoms with Crippen molar-refractivity contribution in [1.29, 1.82) is 0 Å². The van der Waals surface area contributed by atoms with E-state index in [2.05, 4.69) is 15.3 Å². The van der Waals surface area contributed by atoms with Crippen molar-refractivity contribution in [1.82, 2.24) is 9.97 Å². The maximum Gasteiger partial charge on any atom is 0.416 e. The Kier molecular flexibility index (Phi) is 5.91. The fraction of sp³-hybridized carbons (Fsp3) is 0.174. The Hall–Kier alpha value is -3.72. The van der Waals surface area contributed by atoms with Crippen LogP contribution in [0, 0.1) is 5.92 Å². The summed E-state index contributed by atoms with van der Waals surface area (Å²) in [4.78, 5) is 20.7. The van der Waals surface area contributed by atoms with Gasteiger partial charge in [0.1, 0.15) is 12.1 Å². The summed E-state index contributed by atoms with van der Waals surface area (Å²) < 4.78 is 44.6. The van der Waals surface area contributed by atoms with E-state index in [0.29, 0.717) is 23.4 Å². The number of rotatable bonds is 5. The van der Waals surface area contributed by atoms with Crippen molar-refractivity contribution in [2.75, 3.05) is 5.32 Å². The van der Waals surface area contributed by atoms with Gasteiger partial charge >= 0.3 is 6.18 Å². The summed E-state index contributed by atoms with van der Waals surface area (Å²) in [6.07, 6.45) is 6.06. The summed E-state index contributed by atoms with van der Waals surface area (Å²) in [7, 11) is 0. The summed E-state index contributed by atoms with van der Waals surface area (Å²) in [6, 6.07) is 6.05. The number of carbonyl (C=O) groups is 1. The fourth-order valence-electron chi connectivity index (χ4n) is 3.47.